The van der Waals surface area contributed by atoms with Gasteiger partial charge in [0.2, 0.25) is 0 Å². The van der Waals surface area contributed by atoms with E-state index in [-0.39, 0.29) is 11.6 Å². The Bertz CT molecular complexity index is 165. The maximum atomic E-state index is 5.62. The quantitative estimate of drug-likeness (QED) is 0.742. The van der Waals surface area contributed by atoms with Crippen molar-refractivity contribution in [1.82, 2.24) is 4.90 Å². The molecule has 1 aliphatic rings. The normalized spacial score (nSPS) is 21.6. The summed E-state index contributed by atoms with van der Waals surface area (Å²) < 4.78 is 11.0. The van der Waals surface area contributed by atoms with Gasteiger partial charge in [0, 0.05) is 12.1 Å². The van der Waals surface area contributed by atoms with Crippen LogP contribution >= 0.6 is 0 Å². The lowest BCUT2D eigenvalue weighted by molar-refractivity contribution is -0.102. The molecule has 1 heterocycles. The molecule has 1 fully saturated rings. The molecule has 0 saturated carbocycles. The first-order chi connectivity index (χ1) is 7.56. The molecule has 3 heteroatoms. The molecule has 3 nitrogen and oxygen atoms in total. The van der Waals surface area contributed by atoms with E-state index in [0.717, 1.165) is 32.8 Å². The predicted molar refractivity (Wildman–Crippen MR) is 68.9 cm³/mol. The van der Waals surface area contributed by atoms with Crippen molar-refractivity contribution in [3.8, 4) is 0 Å². The zero-order chi connectivity index (χ0) is 12.6. The summed E-state index contributed by atoms with van der Waals surface area (Å²) >= 11 is 0. The Kier molecular flexibility index (Phi) is 7.98. The smallest absolute Gasteiger partial charge is 0.0936 e. The minimum absolute atomic E-state index is 0.250. The average Bonchev–Trinajstić information content (AvgIpc) is 2.33. The zero-order valence-corrected chi connectivity index (χ0v) is 11.9. The number of nitrogens with zero attached hydrogens (tertiary/aromatic N) is 1. The minimum Gasteiger partial charge on any atom is -0.376 e. The first-order valence-corrected chi connectivity index (χ1v) is 6.47. The summed E-state index contributed by atoms with van der Waals surface area (Å²) in [4.78, 5) is 2.35. The van der Waals surface area contributed by atoms with Crippen molar-refractivity contribution in [2.45, 2.75) is 52.7 Å². The molecular formula is C13H29NO2. The van der Waals surface area contributed by atoms with Gasteiger partial charge in [-0.3, -0.25) is 4.90 Å². The molecule has 1 aliphatic heterocycles. The number of ether oxygens (including phenoxy) is 2. The van der Waals surface area contributed by atoms with Gasteiger partial charge in [0.25, 0.3) is 0 Å². The van der Waals surface area contributed by atoms with Crippen LogP contribution in [0.15, 0.2) is 0 Å². The Morgan fingerprint density at radius 2 is 1.88 bits per heavy atom. The van der Waals surface area contributed by atoms with Crippen LogP contribution in [-0.2, 0) is 9.47 Å². The van der Waals surface area contributed by atoms with Gasteiger partial charge in [-0.1, -0.05) is 20.8 Å². The van der Waals surface area contributed by atoms with Crippen molar-refractivity contribution < 1.29 is 9.47 Å². The van der Waals surface area contributed by atoms with Gasteiger partial charge >= 0.3 is 0 Å². The van der Waals surface area contributed by atoms with E-state index in [1.165, 1.54) is 0 Å². The molecule has 0 bridgehead atoms. The van der Waals surface area contributed by atoms with Crippen molar-refractivity contribution >= 4 is 0 Å². The van der Waals surface area contributed by atoms with Gasteiger partial charge in [-0.25, -0.2) is 0 Å². The van der Waals surface area contributed by atoms with Crippen LogP contribution in [0.4, 0.5) is 0 Å². The van der Waals surface area contributed by atoms with Crippen molar-refractivity contribution in [2.24, 2.45) is 0 Å². The second kappa shape index (κ2) is 8.04. The summed E-state index contributed by atoms with van der Waals surface area (Å²) in [6, 6.07) is 0. The third-order valence-corrected chi connectivity index (χ3v) is 3.26. The summed E-state index contributed by atoms with van der Waals surface area (Å²) in [5.41, 5.74) is 0.251. The van der Waals surface area contributed by atoms with E-state index in [9.17, 15) is 0 Å². The Hall–Kier alpha value is -0.120. The Balaban J connectivity index is 0.00000106. The lowest BCUT2D eigenvalue weighted by Gasteiger charge is -2.37. The topological polar surface area (TPSA) is 21.7 Å². The predicted octanol–water partition coefficient (Wildman–Crippen LogP) is 2.55. The summed E-state index contributed by atoms with van der Waals surface area (Å²) in [6.45, 7) is 13.9. The monoisotopic (exact) mass is 231 g/mol. The molecule has 0 aliphatic carbocycles. The first-order valence-electron chi connectivity index (χ1n) is 6.47. The lowest BCUT2D eigenvalue weighted by atomic mass is 9.99. The summed E-state index contributed by atoms with van der Waals surface area (Å²) in [5.74, 6) is 0. The largest absolute Gasteiger partial charge is 0.376 e. The molecular weight excluding hydrogens is 202 g/mol. The SMILES string of the molecule is CC.CCC(C)(C)N(C)CC1COCCO1. The minimum atomic E-state index is 0.250. The molecule has 0 spiro atoms. The van der Waals surface area contributed by atoms with Crippen LogP contribution in [0.3, 0.4) is 0 Å². The van der Waals surface area contributed by atoms with E-state index in [2.05, 4.69) is 32.7 Å². The van der Waals surface area contributed by atoms with Gasteiger partial charge in [0.15, 0.2) is 0 Å². The molecule has 1 atom stereocenters. The fourth-order valence-electron chi connectivity index (χ4n) is 1.46. The highest BCUT2D eigenvalue weighted by atomic mass is 16.6. The van der Waals surface area contributed by atoms with E-state index in [1.54, 1.807) is 0 Å². The maximum Gasteiger partial charge on any atom is 0.0936 e. The van der Waals surface area contributed by atoms with E-state index >= 15 is 0 Å². The molecule has 1 unspecified atom stereocenters. The van der Waals surface area contributed by atoms with Gasteiger partial charge in [0.1, 0.15) is 0 Å². The van der Waals surface area contributed by atoms with Crippen LogP contribution in [0.25, 0.3) is 0 Å². The Labute approximate surface area is 101 Å². The molecule has 0 N–H and O–H groups in total. The number of likely N-dealkylation sites (N-methyl/N-ethyl adjacent to an activating group) is 1. The van der Waals surface area contributed by atoms with Crippen LogP contribution in [0.5, 0.6) is 0 Å². The lowest BCUT2D eigenvalue weighted by Crippen LogP contribution is -2.47. The molecule has 0 aromatic heterocycles. The van der Waals surface area contributed by atoms with Gasteiger partial charge < -0.3 is 9.47 Å². The van der Waals surface area contributed by atoms with Gasteiger partial charge in [0.05, 0.1) is 25.9 Å². The molecule has 1 rings (SSSR count). The highest BCUT2D eigenvalue weighted by Crippen LogP contribution is 2.17. The second-order valence-corrected chi connectivity index (χ2v) is 4.61. The fraction of sp³-hybridized carbons (Fsp3) is 1.00. The van der Waals surface area contributed by atoms with Crippen molar-refractivity contribution in [2.75, 3.05) is 33.4 Å². The molecule has 0 radical (unpaired) electrons. The summed E-state index contributed by atoms with van der Waals surface area (Å²) in [6.07, 6.45) is 1.40. The maximum absolute atomic E-state index is 5.62. The van der Waals surface area contributed by atoms with Crippen LogP contribution in [0.1, 0.15) is 41.0 Å². The number of hydrogen-bond donors (Lipinski definition) is 0. The van der Waals surface area contributed by atoms with Crippen molar-refractivity contribution in [3.63, 3.8) is 0 Å². The molecule has 16 heavy (non-hydrogen) atoms. The molecule has 98 valence electrons. The third-order valence-electron chi connectivity index (χ3n) is 3.26. The highest BCUT2D eigenvalue weighted by molar-refractivity contribution is 4.79. The van der Waals surface area contributed by atoms with Crippen molar-refractivity contribution in [3.05, 3.63) is 0 Å². The van der Waals surface area contributed by atoms with Gasteiger partial charge in [-0.05, 0) is 27.3 Å². The zero-order valence-electron chi connectivity index (χ0n) is 11.9. The van der Waals surface area contributed by atoms with Crippen LogP contribution in [0, 0.1) is 0 Å². The second-order valence-electron chi connectivity index (χ2n) is 4.61. The van der Waals surface area contributed by atoms with Gasteiger partial charge in [-0.2, -0.15) is 0 Å². The fourth-order valence-corrected chi connectivity index (χ4v) is 1.46. The third kappa shape index (κ3) is 5.28. The average molecular weight is 231 g/mol. The van der Waals surface area contributed by atoms with E-state index in [0.29, 0.717) is 0 Å². The van der Waals surface area contributed by atoms with Gasteiger partial charge in [-0.15, -0.1) is 0 Å². The molecule has 1 saturated heterocycles. The Morgan fingerprint density at radius 1 is 1.25 bits per heavy atom. The number of hydrogen-bond acceptors (Lipinski definition) is 3. The van der Waals surface area contributed by atoms with Crippen LogP contribution in [0.2, 0.25) is 0 Å². The number of rotatable bonds is 4. The van der Waals surface area contributed by atoms with E-state index < -0.39 is 0 Å². The van der Waals surface area contributed by atoms with E-state index in [1.807, 2.05) is 13.8 Å². The molecule has 0 aromatic carbocycles. The van der Waals surface area contributed by atoms with E-state index in [4.69, 9.17) is 9.47 Å². The first kappa shape index (κ1) is 15.9. The standard InChI is InChI=1S/C11H23NO2.C2H6/c1-5-11(2,3)12(4)8-10-9-13-6-7-14-10;1-2/h10H,5-9H2,1-4H3;1-2H3. The van der Waals surface area contributed by atoms with Crippen LogP contribution in [-0.4, -0.2) is 50.0 Å². The Morgan fingerprint density at radius 3 is 2.31 bits per heavy atom. The highest BCUT2D eigenvalue weighted by Gasteiger charge is 2.25. The molecule has 0 amide bonds. The summed E-state index contributed by atoms with van der Waals surface area (Å²) in [7, 11) is 2.15. The molecule has 0 aromatic rings. The van der Waals surface area contributed by atoms with Crippen LogP contribution < -0.4 is 0 Å². The summed E-state index contributed by atoms with van der Waals surface area (Å²) in [5, 5.41) is 0. The van der Waals surface area contributed by atoms with Crippen molar-refractivity contribution in [1.29, 1.82) is 0 Å².